The van der Waals surface area contributed by atoms with Gasteiger partial charge in [-0.05, 0) is 47.9 Å². The summed E-state index contributed by atoms with van der Waals surface area (Å²) < 4.78 is 46.1. The summed E-state index contributed by atoms with van der Waals surface area (Å²) in [5, 5.41) is 0. The van der Waals surface area contributed by atoms with Gasteiger partial charge in [0.15, 0.2) is 11.5 Å². The van der Waals surface area contributed by atoms with Gasteiger partial charge in [-0.25, -0.2) is 0 Å². The Labute approximate surface area is 183 Å². The SMILES string of the molecule is COCC(=O)N(Cc1ccc(OC)c(OS(=O)(=O)c2ccc(OC)cc2)c1)CC(C)C. The molecule has 31 heavy (non-hydrogen) atoms. The molecule has 0 heterocycles. The van der Waals surface area contributed by atoms with Gasteiger partial charge in [-0.2, -0.15) is 8.42 Å². The monoisotopic (exact) mass is 451 g/mol. The van der Waals surface area contributed by atoms with Crippen molar-refractivity contribution in [3.63, 3.8) is 0 Å². The van der Waals surface area contributed by atoms with Gasteiger partial charge in [-0.1, -0.05) is 19.9 Å². The van der Waals surface area contributed by atoms with Crippen LogP contribution in [0.15, 0.2) is 47.4 Å². The molecule has 0 atom stereocenters. The van der Waals surface area contributed by atoms with Gasteiger partial charge < -0.3 is 23.3 Å². The molecule has 0 aromatic heterocycles. The van der Waals surface area contributed by atoms with Crippen molar-refractivity contribution < 1.29 is 31.6 Å². The predicted octanol–water partition coefficient (Wildman–Crippen LogP) is 3.10. The Kier molecular flexibility index (Phi) is 8.70. The highest BCUT2D eigenvalue weighted by Crippen LogP contribution is 2.31. The molecule has 0 saturated carbocycles. The van der Waals surface area contributed by atoms with Crippen LogP contribution in [0.5, 0.6) is 17.2 Å². The molecule has 0 aliphatic carbocycles. The smallest absolute Gasteiger partial charge is 0.339 e. The largest absolute Gasteiger partial charge is 0.497 e. The maximum Gasteiger partial charge on any atom is 0.339 e. The number of nitrogens with zero attached hydrogens (tertiary/aromatic N) is 1. The second kappa shape index (κ2) is 11.0. The highest BCUT2D eigenvalue weighted by atomic mass is 32.2. The molecule has 170 valence electrons. The van der Waals surface area contributed by atoms with Crippen LogP contribution in [0.25, 0.3) is 0 Å². The molecule has 2 aromatic rings. The van der Waals surface area contributed by atoms with Crippen molar-refractivity contribution >= 4 is 16.0 Å². The molecule has 2 aromatic carbocycles. The molecule has 0 fully saturated rings. The number of ether oxygens (including phenoxy) is 3. The van der Waals surface area contributed by atoms with Crippen LogP contribution in [0, 0.1) is 5.92 Å². The lowest BCUT2D eigenvalue weighted by atomic mass is 10.1. The maximum absolute atomic E-state index is 12.7. The minimum atomic E-state index is -4.10. The molecule has 2 rings (SSSR count). The van der Waals surface area contributed by atoms with Gasteiger partial charge in [0.2, 0.25) is 5.91 Å². The number of carbonyl (C=O) groups excluding carboxylic acids is 1. The lowest BCUT2D eigenvalue weighted by molar-refractivity contribution is -0.136. The zero-order chi connectivity index (χ0) is 23.0. The minimum absolute atomic E-state index is 0.0162. The third kappa shape index (κ3) is 6.86. The highest BCUT2D eigenvalue weighted by Gasteiger charge is 2.21. The van der Waals surface area contributed by atoms with Crippen LogP contribution in [-0.2, 0) is 26.2 Å². The quantitative estimate of drug-likeness (QED) is 0.485. The van der Waals surface area contributed by atoms with Crippen LogP contribution in [0.2, 0.25) is 0 Å². The highest BCUT2D eigenvalue weighted by molar-refractivity contribution is 7.87. The van der Waals surface area contributed by atoms with Crippen LogP contribution in [0.1, 0.15) is 19.4 Å². The molecule has 0 radical (unpaired) electrons. The molecule has 9 heteroatoms. The van der Waals surface area contributed by atoms with E-state index in [2.05, 4.69) is 0 Å². The summed E-state index contributed by atoms with van der Waals surface area (Å²) in [5.74, 6) is 0.939. The Hall–Kier alpha value is -2.78. The molecular formula is C22H29NO7S. The van der Waals surface area contributed by atoms with Crippen LogP contribution < -0.4 is 13.7 Å². The fourth-order valence-electron chi connectivity index (χ4n) is 2.92. The fourth-order valence-corrected chi connectivity index (χ4v) is 3.86. The first-order valence-electron chi connectivity index (χ1n) is 9.72. The second-order valence-electron chi connectivity index (χ2n) is 7.30. The van der Waals surface area contributed by atoms with E-state index in [0.717, 1.165) is 0 Å². The molecule has 0 saturated heterocycles. The first kappa shape index (κ1) is 24.5. The number of rotatable bonds is 11. The normalized spacial score (nSPS) is 11.3. The zero-order valence-corrected chi connectivity index (χ0v) is 19.3. The van der Waals surface area contributed by atoms with Crippen molar-refractivity contribution in [3.05, 3.63) is 48.0 Å². The van der Waals surface area contributed by atoms with E-state index in [9.17, 15) is 13.2 Å². The summed E-state index contributed by atoms with van der Waals surface area (Å²) in [6.45, 7) is 4.81. The third-order valence-electron chi connectivity index (χ3n) is 4.36. The van der Waals surface area contributed by atoms with Crippen LogP contribution in [0.3, 0.4) is 0 Å². The second-order valence-corrected chi connectivity index (χ2v) is 8.85. The Morgan fingerprint density at radius 1 is 0.968 bits per heavy atom. The number of methoxy groups -OCH3 is 3. The van der Waals surface area contributed by atoms with E-state index in [1.54, 1.807) is 23.1 Å². The topological polar surface area (TPSA) is 91.4 Å². The van der Waals surface area contributed by atoms with E-state index in [1.807, 2.05) is 13.8 Å². The summed E-state index contributed by atoms with van der Waals surface area (Å²) in [6.07, 6.45) is 0. The Morgan fingerprint density at radius 3 is 2.19 bits per heavy atom. The minimum Gasteiger partial charge on any atom is -0.497 e. The van der Waals surface area contributed by atoms with Crippen molar-refractivity contribution in [3.8, 4) is 17.2 Å². The van der Waals surface area contributed by atoms with Crippen molar-refractivity contribution in [2.75, 3.05) is 34.5 Å². The van der Waals surface area contributed by atoms with Crippen molar-refractivity contribution in [1.82, 2.24) is 4.90 Å². The summed E-state index contributed by atoms with van der Waals surface area (Å²) in [4.78, 5) is 14.0. The van der Waals surface area contributed by atoms with Gasteiger partial charge in [-0.15, -0.1) is 0 Å². The number of amides is 1. The summed E-state index contributed by atoms with van der Waals surface area (Å²) in [7, 11) is 0.293. The average molecular weight is 452 g/mol. The van der Waals surface area contributed by atoms with E-state index in [4.69, 9.17) is 18.4 Å². The number of benzene rings is 2. The van der Waals surface area contributed by atoms with E-state index >= 15 is 0 Å². The molecule has 1 amide bonds. The summed E-state index contributed by atoms with van der Waals surface area (Å²) in [5.41, 5.74) is 0.700. The van der Waals surface area contributed by atoms with Gasteiger partial charge in [-0.3, -0.25) is 4.79 Å². The Bertz CT molecular complexity index is 972. The third-order valence-corrected chi connectivity index (χ3v) is 5.60. The number of hydrogen-bond donors (Lipinski definition) is 0. The Balaban J connectivity index is 2.31. The van der Waals surface area contributed by atoms with Crippen molar-refractivity contribution in [1.29, 1.82) is 0 Å². The molecule has 0 aliphatic heterocycles. The van der Waals surface area contributed by atoms with E-state index in [0.29, 0.717) is 17.9 Å². The lowest BCUT2D eigenvalue weighted by Gasteiger charge is -2.25. The van der Waals surface area contributed by atoms with Crippen LogP contribution in [0.4, 0.5) is 0 Å². The molecule has 8 nitrogen and oxygen atoms in total. The average Bonchev–Trinajstić information content (AvgIpc) is 2.73. The summed E-state index contributed by atoms with van der Waals surface area (Å²) >= 11 is 0. The van der Waals surface area contributed by atoms with Gasteiger partial charge in [0.25, 0.3) is 0 Å². The molecule has 0 bridgehead atoms. The molecular weight excluding hydrogens is 422 g/mol. The molecule has 0 N–H and O–H groups in total. The zero-order valence-electron chi connectivity index (χ0n) is 18.5. The van der Waals surface area contributed by atoms with Crippen molar-refractivity contribution in [2.24, 2.45) is 5.92 Å². The number of hydrogen-bond acceptors (Lipinski definition) is 7. The number of carbonyl (C=O) groups is 1. The fraction of sp³-hybridized carbons (Fsp3) is 0.409. The molecule has 0 aliphatic rings. The van der Waals surface area contributed by atoms with Gasteiger partial charge in [0.1, 0.15) is 17.3 Å². The summed E-state index contributed by atoms with van der Waals surface area (Å²) in [6, 6.07) is 10.8. The van der Waals surface area contributed by atoms with Crippen LogP contribution >= 0.6 is 0 Å². The Morgan fingerprint density at radius 2 is 1.65 bits per heavy atom. The van der Waals surface area contributed by atoms with E-state index in [1.165, 1.54) is 45.6 Å². The first-order chi connectivity index (χ1) is 14.7. The van der Waals surface area contributed by atoms with Gasteiger partial charge >= 0.3 is 10.1 Å². The van der Waals surface area contributed by atoms with E-state index < -0.39 is 10.1 Å². The standard InChI is InChI=1S/C22H29NO7S/c1-16(2)13-23(22(24)15-27-3)14-17-6-11-20(29-5)21(12-17)30-31(25,26)19-9-7-18(28-4)8-10-19/h6-12,16H,13-15H2,1-5H3. The van der Waals surface area contributed by atoms with Crippen LogP contribution in [-0.4, -0.2) is 53.7 Å². The molecule has 0 unspecified atom stereocenters. The van der Waals surface area contributed by atoms with Crippen molar-refractivity contribution in [2.45, 2.75) is 25.3 Å². The maximum atomic E-state index is 12.7. The first-order valence-corrected chi connectivity index (χ1v) is 11.1. The molecule has 0 spiro atoms. The lowest BCUT2D eigenvalue weighted by Crippen LogP contribution is -2.36. The van der Waals surface area contributed by atoms with Gasteiger partial charge in [0.05, 0.1) is 14.2 Å². The van der Waals surface area contributed by atoms with E-state index in [-0.39, 0.29) is 41.4 Å². The predicted molar refractivity (Wildman–Crippen MR) is 116 cm³/mol. The van der Waals surface area contributed by atoms with Gasteiger partial charge in [0, 0.05) is 20.2 Å².